The quantitative estimate of drug-likeness (QED) is 0.461. The Morgan fingerprint density at radius 2 is 1.80 bits per heavy atom. The minimum Gasteiger partial charge on any atom is -0.394 e. The van der Waals surface area contributed by atoms with Crippen molar-refractivity contribution in [1.82, 2.24) is 4.90 Å². The summed E-state index contributed by atoms with van der Waals surface area (Å²) in [6, 6.07) is 15.0. The van der Waals surface area contributed by atoms with Gasteiger partial charge in [-0.1, -0.05) is 61.3 Å². The number of aliphatic hydroxyl groups is 1. The van der Waals surface area contributed by atoms with Crippen molar-refractivity contribution >= 4 is 29.1 Å². The topological polar surface area (TPSA) is 59.0 Å². The molecule has 2 aromatic carbocycles. The molecule has 5 unspecified atom stereocenters. The van der Waals surface area contributed by atoms with E-state index in [0.717, 1.165) is 11.1 Å². The first-order chi connectivity index (χ1) is 16.6. The summed E-state index contributed by atoms with van der Waals surface area (Å²) < 4.78 is 11.9. The molecule has 0 spiro atoms. The van der Waals surface area contributed by atoms with Crippen LogP contribution in [0.2, 0.25) is 10.0 Å². The number of halogens is 2. The lowest BCUT2D eigenvalue weighted by Crippen LogP contribution is -2.57. The van der Waals surface area contributed by atoms with Crippen molar-refractivity contribution < 1.29 is 19.4 Å². The van der Waals surface area contributed by atoms with Crippen LogP contribution in [-0.4, -0.2) is 47.1 Å². The van der Waals surface area contributed by atoms with E-state index in [1.165, 1.54) is 0 Å². The number of carbonyl (C=O) groups is 1. The molecule has 2 saturated heterocycles. The Kier molecular flexibility index (Phi) is 7.85. The molecule has 2 fully saturated rings. The summed E-state index contributed by atoms with van der Waals surface area (Å²) in [5.74, 6) is -0.660. The highest BCUT2D eigenvalue weighted by Crippen LogP contribution is 2.53. The van der Waals surface area contributed by atoms with Gasteiger partial charge in [0.25, 0.3) is 0 Å². The summed E-state index contributed by atoms with van der Waals surface area (Å²) in [6.07, 6.45) is 1.62. The average Bonchev–Trinajstić information content (AvgIpc) is 3.15. The van der Waals surface area contributed by atoms with Crippen molar-refractivity contribution in [2.24, 2.45) is 5.41 Å². The highest BCUT2D eigenvalue weighted by atomic mass is 35.5. The van der Waals surface area contributed by atoms with Crippen molar-refractivity contribution in [3.05, 3.63) is 69.7 Å². The van der Waals surface area contributed by atoms with Gasteiger partial charge < -0.3 is 19.5 Å². The summed E-state index contributed by atoms with van der Waals surface area (Å²) in [5.41, 5.74) is 1.36. The lowest BCUT2D eigenvalue weighted by atomic mass is 9.66. The van der Waals surface area contributed by atoms with Crippen LogP contribution >= 0.6 is 23.2 Å². The van der Waals surface area contributed by atoms with Gasteiger partial charge in [-0.25, -0.2) is 0 Å². The summed E-state index contributed by atoms with van der Waals surface area (Å²) in [7, 11) is 0. The predicted molar refractivity (Wildman–Crippen MR) is 139 cm³/mol. The molecule has 5 atom stereocenters. The third-order valence-corrected chi connectivity index (χ3v) is 7.90. The zero-order valence-electron chi connectivity index (χ0n) is 20.8. The summed E-state index contributed by atoms with van der Waals surface area (Å²) in [5, 5.41) is 11.6. The lowest BCUT2D eigenvalue weighted by molar-refractivity contribution is -0.164. The van der Waals surface area contributed by atoms with Crippen molar-refractivity contribution in [2.75, 3.05) is 13.2 Å². The van der Waals surface area contributed by atoms with Crippen molar-refractivity contribution in [3.63, 3.8) is 0 Å². The van der Waals surface area contributed by atoms with E-state index < -0.39 is 11.2 Å². The molecule has 7 heteroatoms. The fourth-order valence-corrected chi connectivity index (χ4v) is 6.07. The summed E-state index contributed by atoms with van der Waals surface area (Å²) in [6.45, 7) is 8.17. The van der Waals surface area contributed by atoms with E-state index in [4.69, 9.17) is 32.7 Å². The van der Waals surface area contributed by atoms with Crippen molar-refractivity contribution in [1.29, 1.82) is 0 Å². The standard InChI is InChI=1S/C28H35Cl2NO4/c1-5-22(16-32)31-25(18-9-11-20(29)12-10-18)24(19-7-6-8-21(30)13-19)15-28(4,26(31)33)14-23-17-34-27(2,3)35-23/h6-13,22-25,32H,5,14-17H2,1-4H3. The fourth-order valence-electron chi connectivity index (χ4n) is 5.75. The van der Waals surface area contributed by atoms with Crippen LogP contribution in [0.1, 0.15) is 70.0 Å². The fraction of sp³-hybridized carbons (Fsp3) is 0.536. The van der Waals surface area contributed by atoms with Crippen molar-refractivity contribution in [2.45, 2.75) is 76.9 Å². The largest absolute Gasteiger partial charge is 0.394 e. The average molecular weight is 520 g/mol. The van der Waals surface area contributed by atoms with Gasteiger partial charge in [0, 0.05) is 21.4 Å². The van der Waals surface area contributed by atoms with E-state index >= 15 is 0 Å². The molecule has 0 saturated carbocycles. The zero-order valence-corrected chi connectivity index (χ0v) is 22.4. The number of nitrogens with zero attached hydrogens (tertiary/aromatic N) is 1. The number of hydrogen-bond acceptors (Lipinski definition) is 4. The van der Waals surface area contributed by atoms with Crippen LogP contribution in [0, 0.1) is 5.41 Å². The molecule has 0 aliphatic carbocycles. The number of rotatable bonds is 7. The molecule has 2 heterocycles. The van der Waals surface area contributed by atoms with Gasteiger partial charge in [0.2, 0.25) is 5.91 Å². The van der Waals surface area contributed by atoms with Crippen LogP contribution in [0.3, 0.4) is 0 Å². The molecular weight excluding hydrogens is 485 g/mol. The van der Waals surface area contributed by atoms with Gasteiger partial charge in [0.1, 0.15) is 0 Å². The van der Waals surface area contributed by atoms with Gasteiger partial charge in [-0.2, -0.15) is 0 Å². The van der Waals surface area contributed by atoms with E-state index in [1.807, 2.05) is 75.1 Å². The molecule has 2 aliphatic rings. The number of amides is 1. The molecule has 0 bridgehead atoms. The molecule has 1 amide bonds. The third kappa shape index (κ3) is 5.55. The molecule has 0 aromatic heterocycles. The Morgan fingerprint density at radius 3 is 2.37 bits per heavy atom. The SMILES string of the molecule is CCC(CO)N1C(=O)C(C)(CC2COC(C)(C)O2)CC(c2cccc(Cl)c2)C1c1ccc(Cl)cc1. The third-order valence-electron chi connectivity index (χ3n) is 7.41. The second-order valence-corrected chi connectivity index (χ2v) is 11.4. The van der Waals surface area contributed by atoms with Gasteiger partial charge in [0.15, 0.2) is 5.79 Å². The van der Waals surface area contributed by atoms with E-state index in [-0.39, 0.29) is 36.6 Å². The van der Waals surface area contributed by atoms with Gasteiger partial charge in [-0.05, 0) is 68.5 Å². The molecule has 35 heavy (non-hydrogen) atoms. The maximum Gasteiger partial charge on any atom is 0.229 e. The molecule has 2 aromatic rings. The lowest BCUT2D eigenvalue weighted by Gasteiger charge is -2.52. The van der Waals surface area contributed by atoms with Crippen LogP contribution in [0.4, 0.5) is 0 Å². The molecule has 2 aliphatic heterocycles. The van der Waals surface area contributed by atoms with E-state index in [0.29, 0.717) is 35.9 Å². The number of ether oxygens (including phenoxy) is 2. The number of hydrogen-bond donors (Lipinski definition) is 1. The molecule has 1 N–H and O–H groups in total. The Bertz CT molecular complexity index is 1040. The highest BCUT2D eigenvalue weighted by Gasteiger charge is 2.53. The summed E-state index contributed by atoms with van der Waals surface area (Å²) >= 11 is 12.6. The van der Waals surface area contributed by atoms with Gasteiger partial charge in [-0.15, -0.1) is 0 Å². The van der Waals surface area contributed by atoms with Gasteiger partial charge >= 0.3 is 0 Å². The second-order valence-electron chi connectivity index (χ2n) is 10.5. The molecular formula is C28H35Cl2NO4. The van der Waals surface area contributed by atoms with Gasteiger partial charge in [0.05, 0.1) is 31.4 Å². The summed E-state index contributed by atoms with van der Waals surface area (Å²) in [4.78, 5) is 16.2. The van der Waals surface area contributed by atoms with Crippen LogP contribution in [0.15, 0.2) is 48.5 Å². The number of likely N-dealkylation sites (tertiary alicyclic amines) is 1. The Hall–Kier alpha value is -1.63. The highest BCUT2D eigenvalue weighted by molar-refractivity contribution is 6.30. The van der Waals surface area contributed by atoms with Crippen LogP contribution in [0.5, 0.6) is 0 Å². The number of carbonyl (C=O) groups excluding carboxylic acids is 1. The number of aliphatic hydroxyl groups excluding tert-OH is 1. The minimum atomic E-state index is -0.701. The van der Waals surface area contributed by atoms with Crippen LogP contribution in [0.25, 0.3) is 0 Å². The van der Waals surface area contributed by atoms with E-state index in [1.54, 1.807) is 0 Å². The Labute approximate surface area is 218 Å². The monoisotopic (exact) mass is 519 g/mol. The first-order valence-corrected chi connectivity index (χ1v) is 13.1. The zero-order chi connectivity index (χ0) is 25.4. The maximum absolute atomic E-state index is 14.3. The molecule has 4 rings (SSSR count). The van der Waals surface area contributed by atoms with E-state index in [2.05, 4.69) is 6.07 Å². The number of piperidine rings is 1. The van der Waals surface area contributed by atoms with Gasteiger partial charge in [-0.3, -0.25) is 4.79 Å². The number of benzene rings is 2. The second kappa shape index (κ2) is 10.4. The van der Waals surface area contributed by atoms with Crippen molar-refractivity contribution in [3.8, 4) is 0 Å². The first-order valence-electron chi connectivity index (χ1n) is 12.3. The predicted octanol–water partition coefficient (Wildman–Crippen LogP) is 6.37. The molecule has 0 radical (unpaired) electrons. The van der Waals surface area contributed by atoms with Crippen LogP contribution in [-0.2, 0) is 14.3 Å². The van der Waals surface area contributed by atoms with Crippen LogP contribution < -0.4 is 0 Å². The minimum absolute atomic E-state index is 0.0323. The Balaban J connectivity index is 1.82. The maximum atomic E-state index is 14.3. The molecule has 5 nitrogen and oxygen atoms in total. The molecule has 190 valence electrons. The Morgan fingerprint density at radius 1 is 1.09 bits per heavy atom. The first kappa shape index (κ1) is 26.4. The smallest absolute Gasteiger partial charge is 0.229 e. The normalized spacial score (nSPS) is 29.4. The van der Waals surface area contributed by atoms with E-state index in [9.17, 15) is 9.90 Å².